The van der Waals surface area contributed by atoms with Crippen LogP contribution in [0.25, 0.3) is 0 Å². The lowest BCUT2D eigenvalue weighted by Gasteiger charge is -1.96. The summed E-state index contributed by atoms with van der Waals surface area (Å²) < 4.78 is 0. The predicted octanol–water partition coefficient (Wildman–Crippen LogP) is 0.692. The van der Waals surface area contributed by atoms with Crippen LogP contribution in [0.4, 0.5) is 0 Å². The van der Waals surface area contributed by atoms with E-state index in [2.05, 4.69) is 21.4 Å². The molecule has 9 heavy (non-hydrogen) atoms. The second-order valence-electron chi connectivity index (χ2n) is 1.59. The molecule has 0 radical (unpaired) electrons. The van der Waals surface area contributed by atoms with Crippen molar-refractivity contribution in [1.29, 1.82) is 5.26 Å². The van der Waals surface area contributed by atoms with Gasteiger partial charge in [0.15, 0.2) is 6.04 Å². The fourth-order valence-corrected chi connectivity index (χ4v) is 0.830. The van der Waals surface area contributed by atoms with Crippen LogP contribution in [0.2, 0.25) is 0 Å². The van der Waals surface area contributed by atoms with Crippen LogP contribution in [0.3, 0.4) is 0 Å². The first-order valence-corrected chi connectivity index (χ1v) is 3.57. The van der Waals surface area contributed by atoms with E-state index in [1.165, 1.54) is 0 Å². The van der Waals surface area contributed by atoms with E-state index in [4.69, 9.17) is 10.1 Å². The number of nitriles is 1. The lowest BCUT2D eigenvalue weighted by atomic mass is 10.3. The van der Waals surface area contributed by atoms with Gasteiger partial charge in [-0.25, -0.2) is 0 Å². The second-order valence-corrected chi connectivity index (χ2v) is 2.15. The van der Waals surface area contributed by atoms with Gasteiger partial charge in [-0.1, -0.05) is 15.9 Å². The summed E-state index contributed by atoms with van der Waals surface area (Å²) >= 11 is 3.19. The maximum Gasteiger partial charge on any atom is 0.151 e. The van der Waals surface area contributed by atoms with Crippen LogP contribution in [0.5, 0.6) is 0 Å². The van der Waals surface area contributed by atoms with Gasteiger partial charge in [0.05, 0.1) is 11.4 Å². The molecule has 1 atom stereocenters. The van der Waals surface area contributed by atoms with Crippen molar-refractivity contribution in [1.82, 2.24) is 5.48 Å². The number of alkyl halides is 1. The Hall–Kier alpha value is -0.530. The van der Waals surface area contributed by atoms with Crippen molar-refractivity contribution in [3.8, 4) is 6.07 Å². The zero-order chi connectivity index (χ0) is 6.69. The number of hydrogen-bond donors (Lipinski definition) is 1. The minimum absolute atomic E-state index is 0.280. The monoisotopic (exact) mass is 188 g/mol. The molecule has 0 amide bonds. The Morgan fingerprint density at radius 3 is 3.11 bits per heavy atom. The molecule has 1 aliphatic heterocycles. The molecule has 0 fully saturated rings. The number of allylic oxidation sites excluding steroid dienone is 1. The Kier molecular flexibility index (Phi) is 2.09. The van der Waals surface area contributed by atoms with Gasteiger partial charge < -0.3 is 4.84 Å². The quantitative estimate of drug-likeness (QED) is 0.617. The Labute approximate surface area is 61.4 Å². The highest BCUT2D eigenvalue weighted by molar-refractivity contribution is 9.09. The van der Waals surface area contributed by atoms with Gasteiger partial charge in [-0.15, -0.1) is 5.48 Å². The van der Waals surface area contributed by atoms with Gasteiger partial charge in [0.25, 0.3) is 0 Å². The van der Waals surface area contributed by atoms with Crippen LogP contribution in [-0.4, -0.2) is 11.4 Å². The maximum atomic E-state index is 8.33. The number of hydrogen-bond acceptors (Lipinski definition) is 3. The smallest absolute Gasteiger partial charge is 0.151 e. The highest BCUT2D eigenvalue weighted by Crippen LogP contribution is 2.08. The van der Waals surface area contributed by atoms with E-state index in [9.17, 15) is 0 Å². The van der Waals surface area contributed by atoms with Crippen LogP contribution >= 0.6 is 15.9 Å². The maximum absolute atomic E-state index is 8.33. The predicted molar refractivity (Wildman–Crippen MR) is 35.5 cm³/mol. The largest absolute Gasteiger partial charge is 0.411 e. The van der Waals surface area contributed by atoms with E-state index >= 15 is 0 Å². The molecule has 0 aromatic rings. The van der Waals surface area contributed by atoms with E-state index in [1.807, 2.05) is 6.07 Å². The van der Waals surface area contributed by atoms with Crippen molar-refractivity contribution < 1.29 is 4.84 Å². The number of nitrogens with zero attached hydrogens (tertiary/aromatic N) is 1. The Balaban J connectivity index is 2.52. The van der Waals surface area contributed by atoms with E-state index < -0.39 is 0 Å². The molecular weight excluding hydrogens is 184 g/mol. The number of halogens is 1. The fourth-order valence-electron chi connectivity index (χ4n) is 0.529. The SMILES string of the molecule is N#CC1C=C(CBr)ON1. The van der Waals surface area contributed by atoms with Crippen molar-refractivity contribution in [3.05, 3.63) is 11.8 Å². The number of rotatable bonds is 1. The molecule has 0 spiro atoms. The minimum Gasteiger partial charge on any atom is -0.411 e. The summed E-state index contributed by atoms with van der Waals surface area (Å²) in [6, 6.07) is 1.71. The third-order valence-corrected chi connectivity index (χ3v) is 1.49. The lowest BCUT2D eigenvalue weighted by Crippen LogP contribution is -2.17. The molecule has 48 valence electrons. The normalized spacial score (nSPS) is 24.4. The molecular formula is C5H5BrN2O. The van der Waals surface area contributed by atoms with Gasteiger partial charge in [-0.2, -0.15) is 5.26 Å². The third-order valence-electron chi connectivity index (χ3n) is 0.940. The van der Waals surface area contributed by atoms with Gasteiger partial charge in [0.2, 0.25) is 0 Å². The fraction of sp³-hybridized carbons (Fsp3) is 0.400. The first-order valence-electron chi connectivity index (χ1n) is 2.45. The molecule has 1 rings (SSSR count). The summed E-state index contributed by atoms with van der Waals surface area (Å²) in [5.74, 6) is 0.765. The molecule has 0 saturated heterocycles. The number of nitrogens with one attached hydrogen (secondary N) is 1. The molecule has 1 heterocycles. The van der Waals surface area contributed by atoms with E-state index in [0.29, 0.717) is 5.33 Å². The summed E-state index contributed by atoms with van der Waals surface area (Å²) in [6.07, 6.45) is 1.73. The van der Waals surface area contributed by atoms with Crippen LogP contribution in [0.1, 0.15) is 0 Å². The van der Waals surface area contributed by atoms with Gasteiger partial charge in [0.1, 0.15) is 5.76 Å². The van der Waals surface area contributed by atoms with Crippen LogP contribution in [0.15, 0.2) is 11.8 Å². The molecule has 1 unspecified atom stereocenters. The molecule has 0 bridgehead atoms. The van der Waals surface area contributed by atoms with E-state index in [0.717, 1.165) is 5.76 Å². The molecule has 0 aliphatic carbocycles. The molecule has 0 saturated carbocycles. The first-order chi connectivity index (χ1) is 4.36. The van der Waals surface area contributed by atoms with Gasteiger partial charge >= 0.3 is 0 Å². The molecule has 3 nitrogen and oxygen atoms in total. The molecule has 0 aromatic heterocycles. The standard InChI is InChI=1S/C5H5BrN2O/c6-2-5-1-4(3-7)8-9-5/h1,4,8H,2H2. The third kappa shape index (κ3) is 1.44. The molecule has 1 N–H and O–H groups in total. The van der Waals surface area contributed by atoms with Crippen molar-refractivity contribution >= 4 is 15.9 Å². The van der Waals surface area contributed by atoms with Gasteiger partial charge in [-0.3, -0.25) is 0 Å². The van der Waals surface area contributed by atoms with Crippen molar-refractivity contribution in [2.24, 2.45) is 0 Å². The Morgan fingerprint density at radius 2 is 2.78 bits per heavy atom. The highest BCUT2D eigenvalue weighted by Gasteiger charge is 2.13. The Morgan fingerprint density at radius 1 is 2.00 bits per heavy atom. The molecule has 1 aliphatic rings. The zero-order valence-corrected chi connectivity index (χ0v) is 6.18. The topological polar surface area (TPSA) is 45.0 Å². The first kappa shape index (κ1) is 6.59. The van der Waals surface area contributed by atoms with Gasteiger partial charge in [-0.05, 0) is 6.08 Å². The average Bonchev–Trinajstić information content (AvgIpc) is 2.34. The second kappa shape index (κ2) is 2.85. The lowest BCUT2D eigenvalue weighted by molar-refractivity contribution is 0.130. The summed E-state index contributed by atoms with van der Waals surface area (Å²) in [6.45, 7) is 0. The van der Waals surface area contributed by atoms with Crippen molar-refractivity contribution in [3.63, 3.8) is 0 Å². The zero-order valence-electron chi connectivity index (χ0n) is 4.60. The van der Waals surface area contributed by atoms with Crippen LogP contribution in [-0.2, 0) is 4.84 Å². The average molecular weight is 189 g/mol. The van der Waals surface area contributed by atoms with Crippen molar-refractivity contribution in [2.75, 3.05) is 5.33 Å². The van der Waals surface area contributed by atoms with E-state index in [-0.39, 0.29) is 6.04 Å². The summed E-state index contributed by atoms with van der Waals surface area (Å²) in [7, 11) is 0. The van der Waals surface area contributed by atoms with Crippen molar-refractivity contribution in [2.45, 2.75) is 6.04 Å². The van der Waals surface area contributed by atoms with Crippen LogP contribution < -0.4 is 5.48 Å². The summed E-state index contributed by atoms with van der Waals surface area (Å²) in [5, 5.41) is 8.98. The number of hydroxylamine groups is 1. The Bertz CT molecular complexity index is 172. The van der Waals surface area contributed by atoms with Crippen LogP contribution in [0, 0.1) is 11.3 Å². The molecule has 0 aromatic carbocycles. The minimum atomic E-state index is -0.280. The van der Waals surface area contributed by atoms with E-state index in [1.54, 1.807) is 6.08 Å². The highest BCUT2D eigenvalue weighted by atomic mass is 79.9. The van der Waals surface area contributed by atoms with Gasteiger partial charge in [0, 0.05) is 0 Å². The molecule has 4 heteroatoms. The summed E-state index contributed by atoms with van der Waals surface area (Å²) in [4.78, 5) is 4.85. The summed E-state index contributed by atoms with van der Waals surface area (Å²) in [5.41, 5.74) is 2.52.